The zero-order chi connectivity index (χ0) is 15.2. The van der Waals surface area contributed by atoms with Crippen LogP contribution in [0.15, 0.2) is 24.7 Å². The SMILES string of the molecule is COc1cc(N)c(C(=O)NCCc2cnc[nH]2)cc1OC. The van der Waals surface area contributed by atoms with Crippen LogP contribution in [0.2, 0.25) is 0 Å². The number of methoxy groups -OCH3 is 2. The quantitative estimate of drug-likeness (QED) is 0.688. The van der Waals surface area contributed by atoms with E-state index < -0.39 is 0 Å². The van der Waals surface area contributed by atoms with Gasteiger partial charge in [0.1, 0.15) is 0 Å². The number of carbonyl (C=O) groups excluding carboxylic acids is 1. The van der Waals surface area contributed by atoms with Crippen LogP contribution in [0.4, 0.5) is 5.69 Å². The first kappa shape index (κ1) is 14.7. The van der Waals surface area contributed by atoms with Crippen LogP contribution in [0.1, 0.15) is 16.1 Å². The number of nitrogens with one attached hydrogen (secondary N) is 2. The van der Waals surface area contributed by atoms with Gasteiger partial charge in [-0.15, -0.1) is 0 Å². The molecular formula is C14H18N4O3. The Balaban J connectivity index is 2.04. The van der Waals surface area contributed by atoms with Crippen LogP contribution >= 0.6 is 0 Å². The van der Waals surface area contributed by atoms with E-state index in [1.807, 2.05) is 0 Å². The fourth-order valence-corrected chi connectivity index (χ4v) is 1.92. The first-order chi connectivity index (χ1) is 10.2. The lowest BCUT2D eigenvalue weighted by Gasteiger charge is -2.12. The topological polar surface area (TPSA) is 102 Å². The van der Waals surface area contributed by atoms with E-state index in [0.717, 1.165) is 5.69 Å². The van der Waals surface area contributed by atoms with Crippen molar-refractivity contribution in [2.24, 2.45) is 0 Å². The number of nitrogens with zero attached hydrogens (tertiary/aromatic N) is 1. The van der Waals surface area contributed by atoms with Crippen molar-refractivity contribution in [3.05, 3.63) is 35.9 Å². The molecule has 1 aromatic carbocycles. The summed E-state index contributed by atoms with van der Waals surface area (Å²) in [5.74, 6) is 0.697. The maximum atomic E-state index is 12.1. The highest BCUT2D eigenvalue weighted by Gasteiger charge is 2.14. The van der Waals surface area contributed by atoms with Crippen molar-refractivity contribution in [1.82, 2.24) is 15.3 Å². The molecule has 0 unspecified atom stereocenters. The number of carbonyl (C=O) groups is 1. The molecule has 0 aliphatic heterocycles. The van der Waals surface area contributed by atoms with Crippen LogP contribution in [0, 0.1) is 0 Å². The van der Waals surface area contributed by atoms with Crippen molar-refractivity contribution in [1.29, 1.82) is 0 Å². The van der Waals surface area contributed by atoms with Crippen LogP contribution in [0.3, 0.4) is 0 Å². The highest BCUT2D eigenvalue weighted by molar-refractivity contribution is 6.00. The van der Waals surface area contributed by atoms with Gasteiger partial charge in [0.2, 0.25) is 0 Å². The molecule has 0 fully saturated rings. The van der Waals surface area contributed by atoms with Crippen LogP contribution in [0.5, 0.6) is 11.5 Å². The number of amides is 1. The normalized spacial score (nSPS) is 10.2. The average Bonchev–Trinajstić information content (AvgIpc) is 3.00. The van der Waals surface area contributed by atoms with Crippen LogP contribution < -0.4 is 20.5 Å². The Morgan fingerprint density at radius 2 is 2.05 bits per heavy atom. The van der Waals surface area contributed by atoms with Gasteiger partial charge in [-0.1, -0.05) is 0 Å². The minimum Gasteiger partial charge on any atom is -0.493 e. The molecule has 112 valence electrons. The van der Waals surface area contributed by atoms with Gasteiger partial charge in [0.05, 0.1) is 26.1 Å². The molecule has 0 aliphatic rings. The third kappa shape index (κ3) is 3.44. The number of nitrogens with two attached hydrogens (primary N) is 1. The van der Waals surface area contributed by atoms with Gasteiger partial charge in [0.25, 0.3) is 5.91 Å². The fraction of sp³-hybridized carbons (Fsp3) is 0.286. The van der Waals surface area contributed by atoms with E-state index in [2.05, 4.69) is 15.3 Å². The molecule has 0 atom stereocenters. The Kier molecular flexibility index (Phi) is 4.65. The molecular weight excluding hydrogens is 272 g/mol. The summed E-state index contributed by atoms with van der Waals surface area (Å²) in [6.45, 7) is 0.481. The van der Waals surface area contributed by atoms with Gasteiger partial charge >= 0.3 is 0 Å². The fourth-order valence-electron chi connectivity index (χ4n) is 1.92. The van der Waals surface area contributed by atoms with Crippen LogP contribution in [0.25, 0.3) is 0 Å². The van der Waals surface area contributed by atoms with Crippen LogP contribution in [-0.4, -0.2) is 36.6 Å². The average molecular weight is 290 g/mol. The number of rotatable bonds is 6. The lowest BCUT2D eigenvalue weighted by atomic mass is 10.1. The smallest absolute Gasteiger partial charge is 0.253 e. The monoisotopic (exact) mass is 290 g/mol. The molecule has 0 saturated carbocycles. The zero-order valence-electron chi connectivity index (χ0n) is 12.0. The summed E-state index contributed by atoms with van der Waals surface area (Å²) in [4.78, 5) is 19.0. The molecule has 7 heteroatoms. The van der Waals surface area contributed by atoms with Crippen molar-refractivity contribution in [3.8, 4) is 11.5 Å². The molecule has 0 saturated heterocycles. The second kappa shape index (κ2) is 6.65. The van der Waals surface area contributed by atoms with E-state index in [1.165, 1.54) is 14.2 Å². The van der Waals surface area contributed by atoms with Gasteiger partial charge in [-0.05, 0) is 6.07 Å². The number of hydrogen-bond acceptors (Lipinski definition) is 5. The minimum absolute atomic E-state index is 0.257. The van der Waals surface area contributed by atoms with E-state index in [9.17, 15) is 4.79 Å². The molecule has 0 bridgehead atoms. The minimum atomic E-state index is -0.257. The predicted molar refractivity (Wildman–Crippen MR) is 78.6 cm³/mol. The summed E-state index contributed by atoms with van der Waals surface area (Å²) >= 11 is 0. The maximum Gasteiger partial charge on any atom is 0.253 e. The second-order valence-corrected chi connectivity index (χ2v) is 4.38. The number of aromatic nitrogens is 2. The summed E-state index contributed by atoms with van der Waals surface area (Å²) in [6.07, 6.45) is 3.99. The van der Waals surface area contributed by atoms with Crippen molar-refractivity contribution in [2.45, 2.75) is 6.42 Å². The highest BCUT2D eigenvalue weighted by Crippen LogP contribution is 2.31. The molecule has 2 aromatic rings. The number of imidazole rings is 1. The van der Waals surface area contributed by atoms with E-state index >= 15 is 0 Å². The number of benzene rings is 1. The number of H-pyrrole nitrogens is 1. The molecule has 0 aliphatic carbocycles. The third-order valence-electron chi connectivity index (χ3n) is 3.04. The largest absolute Gasteiger partial charge is 0.493 e. The summed E-state index contributed by atoms with van der Waals surface area (Å²) in [6, 6.07) is 3.14. The Morgan fingerprint density at radius 1 is 1.33 bits per heavy atom. The summed E-state index contributed by atoms with van der Waals surface area (Å²) in [7, 11) is 3.02. The number of anilines is 1. The lowest BCUT2D eigenvalue weighted by Crippen LogP contribution is -2.26. The van der Waals surface area contributed by atoms with Gasteiger partial charge in [-0.3, -0.25) is 4.79 Å². The second-order valence-electron chi connectivity index (χ2n) is 4.38. The van der Waals surface area contributed by atoms with E-state index in [1.54, 1.807) is 24.7 Å². The van der Waals surface area contributed by atoms with Crippen molar-refractivity contribution < 1.29 is 14.3 Å². The Morgan fingerprint density at radius 3 is 2.67 bits per heavy atom. The molecule has 1 heterocycles. The number of nitrogen functional groups attached to an aromatic ring is 1. The number of aromatic amines is 1. The Bertz CT molecular complexity index is 611. The molecule has 7 nitrogen and oxygen atoms in total. The molecule has 0 spiro atoms. The van der Waals surface area contributed by atoms with Gasteiger partial charge in [-0.2, -0.15) is 0 Å². The number of ether oxygens (including phenoxy) is 2. The maximum absolute atomic E-state index is 12.1. The highest BCUT2D eigenvalue weighted by atomic mass is 16.5. The summed E-state index contributed by atoms with van der Waals surface area (Å²) < 4.78 is 10.3. The van der Waals surface area contributed by atoms with Gasteiger partial charge in [-0.25, -0.2) is 4.98 Å². The standard InChI is InChI=1S/C14H18N4O3/c1-20-12-5-10(11(15)6-13(12)21-2)14(19)17-4-3-9-7-16-8-18-9/h5-8H,3-4,15H2,1-2H3,(H,16,18)(H,17,19). The molecule has 1 aromatic heterocycles. The van der Waals surface area contributed by atoms with Crippen LogP contribution in [-0.2, 0) is 6.42 Å². The van der Waals surface area contributed by atoms with E-state index in [-0.39, 0.29) is 5.91 Å². The summed E-state index contributed by atoms with van der Waals surface area (Å²) in [5.41, 5.74) is 7.53. The molecule has 1 amide bonds. The van der Waals surface area contributed by atoms with Crippen molar-refractivity contribution in [2.75, 3.05) is 26.5 Å². The molecule has 0 radical (unpaired) electrons. The van der Waals surface area contributed by atoms with Crippen molar-refractivity contribution in [3.63, 3.8) is 0 Å². The summed E-state index contributed by atoms with van der Waals surface area (Å²) in [5, 5.41) is 2.80. The Hall–Kier alpha value is -2.70. The van der Waals surface area contributed by atoms with E-state index in [4.69, 9.17) is 15.2 Å². The first-order valence-electron chi connectivity index (χ1n) is 6.42. The molecule has 21 heavy (non-hydrogen) atoms. The molecule has 4 N–H and O–H groups in total. The molecule has 2 rings (SSSR count). The number of hydrogen-bond donors (Lipinski definition) is 3. The van der Waals surface area contributed by atoms with Gasteiger partial charge < -0.3 is 25.5 Å². The Labute approximate surface area is 122 Å². The van der Waals surface area contributed by atoms with Gasteiger partial charge in [0, 0.05) is 36.6 Å². The lowest BCUT2D eigenvalue weighted by molar-refractivity contribution is 0.0954. The first-order valence-corrected chi connectivity index (χ1v) is 6.42. The zero-order valence-corrected chi connectivity index (χ0v) is 12.0. The van der Waals surface area contributed by atoms with Gasteiger partial charge in [0.15, 0.2) is 11.5 Å². The van der Waals surface area contributed by atoms with E-state index in [0.29, 0.717) is 35.7 Å². The predicted octanol–water partition coefficient (Wildman–Crippen LogP) is 0.982. The van der Waals surface area contributed by atoms with Crippen molar-refractivity contribution >= 4 is 11.6 Å². The third-order valence-corrected chi connectivity index (χ3v) is 3.04.